The molecule has 0 aliphatic carbocycles. The van der Waals surface area contributed by atoms with Crippen molar-refractivity contribution in [1.82, 2.24) is 5.32 Å². The summed E-state index contributed by atoms with van der Waals surface area (Å²) in [7, 11) is 0. The lowest BCUT2D eigenvalue weighted by Gasteiger charge is -2.11. The standard InChI is InChI=1S/C19H20N6O2/c1-13-6-8-14(9-7-13)27-11-10-23-19(26)15-4-2-3-5-16(15)24-25-17(12-20)18(21)22/h2-9,24H,10-11H2,1H3,(H3,21,22)(H,23,26)/b25-17+. The predicted molar refractivity (Wildman–Crippen MR) is 104 cm³/mol. The van der Waals surface area contributed by atoms with Crippen LogP contribution in [0.4, 0.5) is 5.69 Å². The van der Waals surface area contributed by atoms with Crippen molar-refractivity contribution < 1.29 is 9.53 Å². The second-order valence-corrected chi connectivity index (χ2v) is 5.56. The molecule has 2 aromatic carbocycles. The molecule has 1 amide bonds. The number of rotatable bonds is 8. The van der Waals surface area contributed by atoms with Gasteiger partial charge in [0.05, 0.1) is 17.8 Å². The van der Waals surface area contributed by atoms with Crippen molar-refractivity contribution >= 4 is 23.1 Å². The van der Waals surface area contributed by atoms with Gasteiger partial charge < -0.3 is 15.8 Å². The van der Waals surface area contributed by atoms with Gasteiger partial charge >= 0.3 is 0 Å². The molecule has 0 aliphatic heterocycles. The third-order valence-corrected chi connectivity index (χ3v) is 3.50. The van der Waals surface area contributed by atoms with Crippen LogP contribution in [0.5, 0.6) is 5.75 Å². The second kappa shape index (κ2) is 9.58. The Labute approximate surface area is 157 Å². The highest BCUT2D eigenvalue weighted by atomic mass is 16.5. The van der Waals surface area contributed by atoms with Crippen LogP contribution in [0, 0.1) is 23.7 Å². The van der Waals surface area contributed by atoms with Gasteiger partial charge in [-0.1, -0.05) is 29.8 Å². The van der Waals surface area contributed by atoms with Gasteiger partial charge in [-0.2, -0.15) is 10.4 Å². The molecule has 0 aromatic heterocycles. The monoisotopic (exact) mass is 364 g/mol. The topological polar surface area (TPSA) is 136 Å². The van der Waals surface area contributed by atoms with Gasteiger partial charge in [0.15, 0.2) is 5.84 Å². The van der Waals surface area contributed by atoms with Crippen LogP contribution in [0.25, 0.3) is 0 Å². The van der Waals surface area contributed by atoms with E-state index < -0.39 is 5.84 Å². The third-order valence-electron chi connectivity index (χ3n) is 3.50. The molecule has 0 radical (unpaired) electrons. The zero-order chi connectivity index (χ0) is 19.6. The fraction of sp³-hybridized carbons (Fsp3) is 0.158. The van der Waals surface area contributed by atoms with Crippen molar-refractivity contribution in [2.24, 2.45) is 10.8 Å². The minimum atomic E-state index is -0.458. The third kappa shape index (κ3) is 5.86. The van der Waals surface area contributed by atoms with Crippen LogP contribution >= 0.6 is 0 Å². The Morgan fingerprint density at radius 2 is 1.96 bits per heavy atom. The summed E-state index contributed by atoms with van der Waals surface area (Å²) in [5, 5.41) is 22.6. The number of nitrogens with two attached hydrogens (primary N) is 1. The number of para-hydroxylation sites is 1. The average molecular weight is 364 g/mol. The van der Waals surface area contributed by atoms with E-state index in [0.29, 0.717) is 24.4 Å². The lowest BCUT2D eigenvalue weighted by molar-refractivity contribution is 0.0948. The van der Waals surface area contributed by atoms with E-state index in [9.17, 15) is 4.79 Å². The first-order valence-electron chi connectivity index (χ1n) is 8.16. The summed E-state index contributed by atoms with van der Waals surface area (Å²) in [6.45, 7) is 2.64. The van der Waals surface area contributed by atoms with Crippen LogP contribution in [-0.2, 0) is 0 Å². The maximum absolute atomic E-state index is 12.4. The number of hydrogen-bond acceptors (Lipinski definition) is 6. The smallest absolute Gasteiger partial charge is 0.253 e. The van der Waals surface area contributed by atoms with Gasteiger partial charge in [-0.3, -0.25) is 15.6 Å². The van der Waals surface area contributed by atoms with Crippen LogP contribution < -0.4 is 21.2 Å². The van der Waals surface area contributed by atoms with Crippen molar-refractivity contribution in [3.8, 4) is 11.8 Å². The molecule has 0 heterocycles. The van der Waals surface area contributed by atoms with E-state index in [4.69, 9.17) is 21.1 Å². The first-order chi connectivity index (χ1) is 13.0. The number of ether oxygens (including phenoxy) is 1. The van der Waals surface area contributed by atoms with Gasteiger partial charge in [0.1, 0.15) is 18.4 Å². The Bertz CT molecular complexity index is 884. The number of nitrogens with zero attached hydrogens (tertiary/aromatic N) is 2. The molecule has 8 nitrogen and oxygen atoms in total. The molecule has 8 heteroatoms. The molecular weight excluding hydrogens is 344 g/mol. The molecule has 0 atom stereocenters. The SMILES string of the molecule is Cc1ccc(OCCNC(=O)c2ccccc2N/N=C(\C#N)C(=N)N)cc1. The molecule has 0 aliphatic rings. The maximum atomic E-state index is 12.4. The Morgan fingerprint density at radius 1 is 1.26 bits per heavy atom. The van der Waals surface area contributed by atoms with Crippen LogP contribution in [0.2, 0.25) is 0 Å². The van der Waals surface area contributed by atoms with E-state index >= 15 is 0 Å². The summed E-state index contributed by atoms with van der Waals surface area (Å²) in [4.78, 5) is 12.4. The number of amidine groups is 1. The van der Waals surface area contributed by atoms with Crippen LogP contribution in [0.1, 0.15) is 15.9 Å². The van der Waals surface area contributed by atoms with Crippen LogP contribution in [-0.4, -0.2) is 30.6 Å². The molecule has 0 bridgehead atoms. The minimum Gasteiger partial charge on any atom is -0.492 e. The zero-order valence-corrected chi connectivity index (χ0v) is 14.8. The quantitative estimate of drug-likeness (QED) is 0.246. The number of aryl methyl sites for hydroxylation is 1. The number of amides is 1. The van der Waals surface area contributed by atoms with E-state index in [1.807, 2.05) is 31.2 Å². The molecule has 27 heavy (non-hydrogen) atoms. The zero-order valence-electron chi connectivity index (χ0n) is 14.8. The minimum absolute atomic E-state index is 0.267. The number of hydrogen-bond donors (Lipinski definition) is 4. The van der Waals surface area contributed by atoms with Gasteiger partial charge in [-0.15, -0.1) is 0 Å². The summed E-state index contributed by atoms with van der Waals surface area (Å²) < 4.78 is 5.57. The van der Waals surface area contributed by atoms with Crippen molar-refractivity contribution in [1.29, 1.82) is 10.7 Å². The van der Waals surface area contributed by atoms with Gasteiger partial charge in [-0.25, -0.2) is 0 Å². The fourth-order valence-corrected chi connectivity index (χ4v) is 2.10. The van der Waals surface area contributed by atoms with E-state index in [0.717, 1.165) is 11.3 Å². The summed E-state index contributed by atoms with van der Waals surface area (Å²) in [6.07, 6.45) is 0. The molecule has 2 rings (SSSR count). The predicted octanol–water partition coefficient (Wildman–Crippen LogP) is 2.03. The average Bonchev–Trinajstić information content (AvgIpc) is 2.67. The summed E-state index contributed by atoms with van der Waals surface area (Å²) in [5.41, 5.74) is 9.46. The van der Waals surface area contributed by atoms with Gasteiger partial charge in [0.25, 0.3) is 5.91 Å². The fourth-order valence-electron chi connectivity index (χ4n) is 2.10. The molecule has 0 fully saturated rings. The van der Waals surface area contributed by atoms with Gasteiger partial charge in [0, 0.05) is 0 Å². The van der Waals surface area contributed by atoms with Crippen molar-refractivity contribution in [3.05, 3.63) is 59.7 Å². The number of benzene rings is 2. The summed E-state index contributed by atoms with van der Waals surface area (Å²) in [6, 6.07) is 16.0. The van der Waals surface area contributed by atoms with Crippen molar-refractivity contribution in [2.45, 2.75) is 6.92 Å². The first kappa shape index (κ1) is 19.5. The van der Waals surface area contributed by atoms with Gasteiger partial charge in [-0.05, 0) is 31.2 Å². The highest BCUT2D eigenvalue weighted by Crippen LogP contribution is 2.15. The lowest BCUT2D eigenvalue weighted by atomic mass is 10.1. The van der Waals surface area contributed by atoms with Gasteiger partial charge in [0.2, 0.25) is 5.71 Å². The molecule has 2 aromatic rings. The van der Waals surface area contributed by atoms with Crippen molar-refractivity contribution in [3.63, 3.8) is 0 Å². The van der Waals surface area contributed by atoms with E-state index in [1.54, 1.807) is 30.3 Å². The molecule has 138 valence electrons. The number of nitrogens with one attached hydrogen (secondary N) is 3. The Morgan fingerprint density at radius 3 is 2.63 bits per heavy atom. The summed E-state index contributed by atoms with van der Waals surface area (Å²) in [5.74, 6) is -0.0400. The molecule has 0 saturated heterocycles. The molecule has 5 N–H and O–H groups in total. The number of nitriles is 1. The van der Waals surface area contributed by atoms with E-state index in [2.05, 4.69) is 15.8 Å². The molecular formula is C19H20N6O2. The number of carbonyl (C=O) groups is 1. The normalized spacial score (nSPS) is 10.6. The maximum Gasteiger partial charge on any atom is 0.253 e. The Kier molecular flexibility index (Phi) is 6.91. The van der Waals surface area contributed by atoms with Crippen LogP contribution in [0.15, 0.2) is 53.6 Å². The largest absolute Gasteiger partial charge is 0.492 e. The molecule has 0 spiro atoms. The Balaban J connectivity index is 1.93. The first-order valence-corrected chi connectivity index (χ1v) is 8.16. The number of anilines is 1. The van der Waals surface area contributed by atoms with E-state index in [-0.39, 0.29) is 11.6 Å². The molecule has 0 unspecified atom stereocenters. The highest BCUT2D eigenvalue weighted by Gasteiger charge is 2.11. The Hall–Kier alpha value is -3.86. The van der Waals surface area contributed by atoms with Crippen molar-refractivity contribution in [2.75, 3.05) is 18.6 Å². The second-order valence-electron chi connectivity index (χ2n) is 5.56. The highest BCUT2D eigenvalue weighted by molar-refractivity contribution is 6.45. The lowest BCUT2D eigenvalue weighted by Crippen LogP contribution is -2.28. The summed E-state index contributed by atoms with van der Waals surface area (Å²) >= 11 is 0. The van der Waals surface area contributed by atoms with E-state index in [1.165, 1.54) is 0 Å². The molecule has 0 saturated carbocycles. The number of hydrazone groups is 1. The van der Waals surface area contributed by atoms with Crippen LogP contribution in [0.3, 0.4) is 0 Å². The number of carbonyl (C=O) groups excluding carboxylic acids is 1.